The van der Waals surface area contributed by atoms with Crippen molar-refractivity contribution in [2.75, 3.05) is 11.4 Å². The summed E-state index contributed by atoms with van der Waals surface area (Å²) in [6.07, 6.45) is 1.53. The molecular weight excluding hydrogens is 523 g/mol. The van der Waals surface area contributed by atoms with E-state index in [9.17, 15) is 19.5 Å². The number of carboxylic acid groups (broad SMARTS) is 1. The van der Waals surface area contributed by atoms with Crippen LogP contribution in [0.1, 0.15) is 43.8 Å². The summed E-state index contributed by atoms with van der Waals surface area (Å²) in [6.45, 7) is 2.25. The third kappa shape index (κ3) is 5.36. The minimum Gasteiger partial charge on any atom is -0.480 e. The summed E-state index contributed by atoms with van der Waals surface area (Å²) in [5.41, 5.74) is 3.52. The van der Waals surface area contributed by atoms with Gasteiger partial charge in [-0.25, -0.2) is 4.79 Å². The van der Waals surface area contributed by atoms with E-state index in [0.717, 1.165) is 29.7 Å². The SMILES string of the molecule is Cc1cccc(Cl)c1C(=O)N[C@@H](Cc1ccc2c(c1)CCCN2C(=O)c1c(Cl)cccc1Cl)C(=O)O. The lowest BCUT2D eigenvalue weighted by atomic mass is 9.95. The minimum absolute atomic E-state index is 0.0716. The number of hydrogen-bond donors (Lipinski definition) is 2. The fourth-order valence-electron chi connectivity index (χ4n) is 4.41. The Morgan fingerprint density at radius 3 is 2.25 bits per heavy atom. The highest BCUT2D eigenvalue weighted by atomic mass is 35.5. The van der Waals surface area contributed by atoms with Crippen molar-refractivity contribution in [3.63, 3.8) is 0 Å². The van der Waals surface area contributed by atoms with Gasteiger partial charge in [-0.1, -0.05) is 65.1 Å². The predicted molar refractivity (Wildman–Crippen MR) is 142 cm³/mol. The normalized spacial score (nSPS) is 13.6. The molecule has 3 aromatic carbocycles. The number of hydrogen-bond acceptors (Lipinski definition) is 3. The maximum atomic E-state index is 13.3. The van der Waals surface area contributed by atoms with Crippen molar-refractivity contribution in [3.05, 3.63) is 97.5 Å². The van der Waals surface area contributed by atoms with Crippen LogP contribution in [0.4, 0.5) is 5.69 Å². The van der Waals surface area contributed by atoms with Crippen LogP contribution in [0, 0.1) is 6.92 Å². The molecule has 0 bridgehead atoms. The number of carbonyl (C=O) groups is 3. The van der Waals surface area contributed by atoms with E-state index < -0.39 is 17.9 Å². The third-order valence-electron chi connectivity index (χ3n) is 6.18. The van der Waals surface area contributed by atoms with Crippen molar-refractivity contribution < 1.29 is 19.5 Å². The molecule has 9 heteroatoms. The van der Waals surface area contributed by atoms with E-state index in [0.29, 0.717) is 12.1 Å². The summed E-state index contributed by atoms with van der Waals surface area (Å²) in [5.74, 6) is -1.99. The number of amides is 2. The molecule has 0 aliphatic carbocycles. The Morgan fingerprint density at radius 1 is 0.972 bits per heavy atom. The van der Waals surface area contributed by atoms with Crippen LogP contribution in [0.3, 0.4) is 0 Å². The minimum atomic E-state index is -1.16. The van der Waals surface area contributed by atoms with Gasteiger partial charge < -0.3 is 15.3 Å². The Kier molecular flexibility index (Phi) is 7.88. The molecule has 1 atom stereocenters. The number of anilines is 1. The molecule has 0 saturated heterocycles. The second-order valence-electron chi connectivity index (χ2n) is 8.62. The van der Waals surface area contributed by atoms with Crippen LogP contribution >= 0.6 is 34.8 Å². The highest BCUT2D eigenvalue weighted by Gasteiger charge is 2.28. The summed E-state index contributed by atoms with van der Waals surface area (Å²) < 4.78 is 0. The lowest BCUT2D eigenvalue weighted by molar-refractivity contribution is -0.139. The second kappa shape index (κ2) is 10.9. The molecular formula is C27H23Cl3N2O4. The number of carbonyl (C=O) groups excluding carboxylic acids is 2. The van der Waals surface area contributed by atoms with Crippen molar-refractivity contribution >= 4 is 58.3 Å². The second-order valence-corrected chi connectivity index (χ2v) is 9.84. The molecule has 0 unspecified atom stereocenters. The average Bonchev–Trinajstić information content (AvgIpc) is 2.82. The van der Waals surface area contributed by atoms with Gasteiger partial charge in [0, 0.05) is 18.7 Å². The number of rotatable bonds is 6. The van der Waals surface area contributed by atoms with E-state index in [1.807, 2.05) is 6.07 Å². The zero-order valence-corrected chi connectivity index (χ0v) is 21.6. The van der Waals surface area contributed by atoms with E-state index in [4.69, 9.17) is 34.8 Å². The number of nitrogens with one attached hydrogen (secondary N) is 1. The first-order valence-corrected chi connectivity index (χ1v) is 12.5. The molecule has 1 aliphatic rings. The van der Waals surface area contributed by atoms with E-state index in [1.54, 1.807) is 60.4 Å². The van der Waals surface area contributed by atoms with Crippen LogP contribution in [-0.2, 0) is 17.6 Å². The Balaban J connectivity index is 1.56. The molecule has 6 nitrogen and oxygen atoms in total. The molecule has 2 amide bonds. The number of nitrogens with zero attached hydrogens (tertiary/aromatic N) is 1. The fourth-order valence-corrected chi connectivity index (χ4v) is 5.28. The van der Waals surface area contributed by atoms with Gasteiger partial charge in [0.15, 0.2) is 0 Å². The Morgan fingerprint density at radius 2 is 1.61 bits per heavy atom. The summed E-state index contributed by atoms with van der Waals surface area (Å²) in [6, 6.07) is 14.3. The number of carboxylic acids is 1. The van der Waals surface area contributed by atoms with Gasteiger partial charge >= 0.3 is 5.97 Å². The first-order chi connectivity index (χ1) is 17.2. The van der Waals surface area contributed by atoms with Crippen LogP contribution in [-0.4, -0.2) is 35.5 Å². The van der Waals surface area contributed by atoms with Crippen LogP contribution in [0.2, 0.25) is 15.1 Å². The topological polar surface area (TPSA) is 86.7 Å². The maximum absolute atomic E-state index is 13.3. The molecule has 1 heterocycles. The molecule has 4 rings (SSSR count). The lowest BCUT2D eigenvalue weighted by Gasteiger charge is -2.30. The van der Waals surface area contributed by atoms with E-state index in [2.05, 4.69) is 5.32 Å². The Hall–Kier alpha value is -3.06. The molecule has 0 aromatic heterocycles. The fraction of sp³-hybridized carbons (Fsp3) is 0.222. The molecule has 0 radical (unpaired) electrons. The summed E-state index contributed by atoms with van der Waals surface area (Å²) in [7, 11) is 0. The van der Waals surface area contributed by atoms with Crippen molar-refractivity contribution in [1.82, 2.24) is 5.32 Å². The van der Waals surface area contributed by atoms with Crippen LogP contribution < -0.4 is 10.2 Å². The summed E-state index contributed by atoms with van der Waals surface area (Å²) in [4.78, 5) is 39.7. The number of aryl methyl sites for hydroxylation is 2. The van der Waals surface area contributed by atoms with Crippen molar-refractivity contribution in [1.29, 1.82) is 0 Å². The molecule has 186 valence electrons. The van der Waals surface area contributed by atoms with Gasteiger partial charge in [-0.3, -0.25) is 9.59 Å². The number of benzene rings is 3. The highest BCUT2D eigenvalue weighted by molar-refractivity contribution is 6.40. The first kappa shape index (κ1) is 26.0. The van der Waals surface area contributed by atoms with Gasteiger partial charge in [0.2, 0.25) is 0 Å². The van der Waals surface area contributed by atoms with Crippen LogP contribution in [0.5, 0.6) is 0 Å². The number of halogens is 3. The van der Waals surface area contributed by atoms with Crippen molar-refractivity contribution in [2.24, 2.45) is 0 Å². The van der Waals surface area contributed by atoms with Crippen LogP contribution in [0.15, 0.2) is 54.6 Å². The zero-order chi connectivity index (χ0) is 26.0. The van der Waals surface area contributed by atoms with Crippen molar-refractivity contribution in [2.45, 2.75) is 32.2 Å². The average molecular weight is 546 g/mol. The first-order valence-electron chi connectivity index (χ1n) is 11.3. The molecule has 1 aliphatic heterocycles. The standard InChI is InChI=1S/C27H23Cl3N2O4/c1-15-5-2-7-18(28)23(15)25(33)31-21(27(35)36)14-16-10-11-22-17(13-16)6-4-12-32(22)26(34)24-19(29)8-3-9-20(24)30/h2-3,5,7-11,13,21H,4,6,12,14H2,1H3,(H,31,33)(H,35,36)/t21-/m0/s1. The van der Waals surface area contributed by atoms with Gasteiger partial charge in [0.1, 0.15) is 6.04 Å². The van der Waals surface area contributed by atoms with Gasteiger partial charge in [-0.15, -0.1) is 0 Å². The Labute approximate surface area is 223 Å². The number of aliphatic carboxylic acids is 1. The van der Waals surface area contributed by atoms with Crippen molar-refractivity contribution in [3.8, 4) is 0 Å². The molecule has 0 saturated carbocycles. The smallest absolute Gasteiger partial charge is 0.326 e. The molecule has 36 heavy (non-hydrogen) atoms. The predicted octanol–water partition coefficient (Wildman–Crippen LogP) is 5.97. The van der Waals surface area contributed by atoms with E-state index in [1.165, 1.54) is 0 Å². The third-order valence-corrected chi connectivity index (χ3v) is 7.12. The highest BCUT2D eigenvalue weighted by Crippen LogP contribution is 2.33. The lowest BCUT2D eigenvalue weighted by Crippen LogP contribution is -2.42. The van der Waals surface area contributed by atoms with Gasteiger partial charge in [-0.2, -0.15) is 0 Å². The maximum Gasteiger partial charge on any atom is 0.326 e. The summed E-state index contributed by atoms with van der Waals surface area (Å²) in [5, 5.41) is 13.2. The van der Waals surface area contributed by atoms with Gasteiger partial charge in [0.05, 0.1) is 26.2 Å². The summed E-state index contributed by atoms with van der Waals surface area (Å²) >= 11 is 18.7. The van der Waals surface area contributed by atoms with E-state index in [-0.39, 0.29) is 38.5 Å². The molecule has 0 spiro atoms. The van der Waals surface area contributed by atoms with Gasteiger partial charge in [0.25, 0.3) is 11.8 Å². The largest absolute Gasteiger partial charge is 0.480 e. The quantitative estimate of drug-likeness (QED) is 0.399. The molecule has 3 aromatic rings. The van der Waals surface area contributed by atoms with Crippen LogP contribution in [0.25, 0.3) is 0 Å². The van der Waals surface area contributed by atoms with E-state index >= 15 is 0 Å². The monoisotopic (exact) mass is 544 g/mol. The van der Waals surface area contributed by atoms with Gasteiger partial charge in [-0.05, 0) is 60.7 Å². The zero-order valence-electron chi connectivity index (χ0n) is 19.4. The Bertz CT molecular complexity index is 1320. The molecule has 2 N–H and O–H groups in total. The molecule has 0 fully saturated rings. The number of fused-ring (bicyclic) bond motifs is 1.